The van der Waals surface area contributed by atoms with Gasteiger partial charge >= 0.3 is 0 Å². The Morgan fingerprint density at radius 1 is 1.32 bits per heavy atom. The minimum absolute atomic E-state index is 0.135. The van der Waals surface area contributed by atoms with Crippen LogP contribution >= 0.6 is 11.8 Å². The molecule has 0 aliphatic carbocycles. The first kappa shape index (κ1) is 16.2. The van der Waals surface area contributed by atoms with Crippen LogP contribution in [0.25, 0.3) is 0 Å². The third-order valence-electron chi connectivity index (χ3n) is 5.76. The lowest BCUT2D eigenvalue weighted by Crippen LogP contribution is -2.51. The van der Waals surface area contributed by atoms with Gasteiger partial charge in [0.2, 0.25) is 11.8 Å². The summed E-state index contributed by atoms with van der Waals surface area (Å²) in [6.45, 7) is 8.41. The highest BCUT2D eigenvalue weighted by atomic mass is 32.2. The van der Waals surface area contributed by atoms with Crippen LogP contribution in [-0.2, 0) is 9.59 Å². The molecule has 3 atom stereocenters. The summed E-state index contributed by atoms with van der Waals surface area (Å²) in [5.74, 6) is 2.55. The molecule has 0 unspecified atom stereocenters. The van der Waals surface area contributed by atoms with Crippen molar-refractivity contribution in [3.05, 3.63) is 0 Å². The maximum Gasteiger partial charge on any atom is 0.246 e. The van der Waals surface area contributed by atoms with Gasteiger partial charge in [-0.05, 0) is 44.4 Å². The zero-order valence-corrected chi connectivity index (χ0v) is 14.8. The third-order valence-corrected chi connectivity index (χ3v) is 7.26. The van der Waals surface area contributed by atoms with Crippen molar-refractivity contribution in [2.75, 3.05) is 18.8 Å². The molecule has 0 spiro atoms. The first-order valence-corrected chi connectivity index (χ1v) is 9.66. The summed E-state index contributed by atoms with van der Waals surface area (Å²) < 4.78 is 0. The lowest BCUT2D eigenvalue weighted by atomic mass is 9.89. The summed E-state index contributed by atoms with van der Waals surface area (Å²) >= 11 is 1.79. The molecule has 0 aromatic carbocycles. The van der Waals surface area contributed by atoms with Crippen LogP contribution in [0.2, 0.25) is 0 Å². The Morgan fingerprint density at radius 2 is 2.09 bits per heavy atom. The Morgan fingerprint density at radius 3 is 2.82 bits per heavy atom. The van der Waals surface area contributed by atoms with E-state index in [4.69, 9.17) is 0 Å². The van der Waals surface area contributed by atoms with E-state index < -0.39 is 0 Å². The molecule has 3 heterocycles. The van der Waals surface area contributed by atoms with Crippen molar-refractivity contribution in [1.82, 2.24) is 9.80 Å². The molecule has 2 amide bonds. The second-order valence-electron chi connectivity index (χ2n) is 7.53. The minimum atomic E-state index is -0.222. The van der Waals surface area contributed by atoms with Gasteiger partial charge in [-0.2, -0.15) is 0 Å². The second kappa shape index (κ2) is 6.06. The Balaban J connectivity index is 1.68. The van der Waals surface area contributed by atoms with E-state index in [-0.39, 0.29) is 22.7 Å². The van der Waals surface area contributed by atoms with Crippen LogP contribution in [0.15, 0.2) is 0 Å². The molecule has 3 aliphatic heterocycles. The number of carbonyl (C=O) groups excluding carboxylic acids is 2. The van der Waals surface area contributed by atoms with E-state index in [2.05, 4.69) is 20.8 Å². The van der Waals surface area contributed by atoms with Gasteiger partial charge in [0.1, 0.15) is 6.04 Å². The molecule has 0 radical (unpaired) electrons. The number of carbonyl (C=O) groups is 2. The van der Waals surface area contributed by atoms with E-state index in [1.165, 1.54) is 6.42 Å². The van der Waals surface area contributed by atoms with Crippen molar-refractivity contribution in [2.24, 2.45) is 11.8 Å². The van der Waals surface area contributed by atoms with E-state index in [0.717, 1.165) is 44.0 Å². The highest BCUT2D eigenvalue weighted by molar-refractivity contribution is 8.01. The average Bonchev–Trinajstić information content (AvgIpc) is 2.83. The van der Waals surface area contributed by atoms with Gasteiger partial charge < -0.3 is 9.80 Å². The van der Waals surface area contributed by atoms with Gasteiger partial charge in [-0.15, -0.1) is 11.8 Å². The fourth-order valence-corrected chi connectivity index (χ4v) is 5.65. The summed E-state index contributed by atoms with van der Waals surface area (Å²) in [4.78, 5) is 29.0. The molecule has 0 aromatic rings. The largest absolute Gasteiger partial charge is 0.341 e. The fraction of sp³-hybridized carbons (Fsp3) is 0.882. The van der Waals surface area contributed by atoms with Gasteiger partial charge in [0.05, 0.1) is 4.87 Å². The van der Waals surface area contributed by atoms with Gasteiger partial charge in [0.25, 0.3) is 0 Å². The predicted molar refractivity (Wildman–Crippen MR) is 89.5 cm³/mol. The molecule has 3 rings (SSSR count). The molecule has 3 aliphatic rings. The Bertz CT molecular complexity index is 468. The first-order valence-electron chi connectivity index (χ1n) is 8.67. The lowest BCUT2D eigenvalue weighted by Gasteiger charge is -2.32. The quantitative estimate of drug-likeness (QED) is 0.784. The second-order valence-corrected chi connectivity index (χ2v) is 9.03. The smallest absolute Gasteiger partial charge is 0.246 e. The van der Waals surface area contributed by atoms with Gasteiger partial charge in [-0.25, -0.2) is 0 Å². The molecule has 4 nitrogen and oxygen atoms in total. The summed E-state index contributed by atoms with van der Waals surface area (Å²) in [5.41, 5.74) is 0. The van der Waals surface area contributed by atoms with E-state index in [0.29, 0.717) is 12.3 Å². The van der Waals surface area contributed by atoms with Crippen molar-refractivity contribution in [1.29, 1.82) is 0 Å². The van der Waals surface area contributed by atoms with Crippen molar-refractivity contribution in [3.63, 3.8) is 0 Å². The maximum atomic E-state index is 13.0. The monoisotopic (exact) mass is 324 g/mol. The molecule has 0 bridgehead atoms. The molecule has 124 valence electrons. The van der Waals surface area contributed by atoms with E-state index in [9.17, 15) is 9.59 Å². The van der Waals surface area contributed by atoms with Gasteiger partial charge in [-0.3, -0.25) is 9.59 Å². The van der Waals surface area contributed by atoms with Crippen molar-refractivity contribution < 1.29 is 9.59 Å². The van der Waals surface area contributed by atoms with Crippen LogP contribution in [0.3, 0.4) is 0 Å². The third kappa shape index (κ3) is 2.77. The first-order chi connectivity index (χ1) is 10.4. The number of hydrogen-bond acceptors (Lipinski definition) is 3. The van der Waals surface area contributed by atoms with Crippen LogP contribution in [0.5, 0.6) is 0 Å². The van der Waals surface area contributed by atoms with Crippen LogP contribution < -0.4 is 0 Å². The average molecular weight is 324 g/mol. The van der Waals surface area contributed by atoms with Gasteiger partial charge in [-0.1, -0.05) is 13.8 Å². The highest BCUT2D eigenvalue weighted by Crippen LogP contribution is 2.47. The minimum Gasteiger partial charge on any atom is -0.341 e. The molecule has 0 N–H and O–H groups in total. The van der Waals surface area contributed by atoms with E-state index in [1.807, 2.05) is 9.80 Å². The SMILES string of the molecule is CC(C)[C@@H]1CCCN(C(=O)[C@@H]2CS[C@]3(C)CCC(=O)N23)CC1. The molecule has 0 saturated carbocycles. The number of rotatable bonds is 2. The summed E-state index contributed by atoms with van der Waals surface area (Å²) in [6, 6.07) is -0.222. The summed E-state index contributed by atoms with van der Waals surface area (Å²) in [7, 11) is 0. The molecule has 0 aromatic heterocycles. The number of likely N-dealkylation sites (tertiary alicyclic amines) is 1. The Labute approximate surface area is 138 Å². The normalized spacial score (nSPS) is 35.9. The van der Waals surface area contributed by atoms with Crippen molar-refractivity contribution in [2.45, 2.75) is 63.8 Å². The lowest BCUT2D eigenvalue weighted by molar-refractivity contribution is -0.143. The van der Waals surface area contributed by atoms with Gasteiger partial charge in [0, 0.05) is 25.3 Å². The topological polar surface area (TPSA) is 40.6 Å². The van der Waals surface area contributed by atoms with Crippen LogP contribution in [-0.4, -0.2) is 51.4 Å². The number of nitrogens with zero attached hydrogens (tertiary/aromatic N) is 2. The zero-order valence-electron chi connectivity index (χ0n) is 14.0. The highest BCUT2D eigenvalue weighted by Gasteiger charge is 2.53. The molecule has 5 heteroatoms. The molecular formula is C17H28N2O2S. The fourth-order valence-electron chi connectivity index (χ4n) is 4.22. The molecule has 3 fully saturated rings. The Kier molecular flexibility index (Phi) is 4.45. The number of thioether (sulfide) groups is 1. The van der Waals surface area contributed by atoms with Gasteiger partial charge in [0.15, 0.2) is 0 Å². The standard InChI is InChI=1S/C17H28N2O2S/c1-12(2)13-5-4-9-18(10-7-13)16(21)14-11-22-17(3)8-6-15(20)19(14)17/h12-14H,4-11H2,1-3H3/t13-,14+,17-/m1/s1. The number of amides is 2. The molecular weight excluding hydrogens is 296 g/mol. The summed E-state index contributed by atoms with van der Waals surface area (Å²) in [5, 5.41) is 0. The van der Waals surface area contributed by atoms with Crippen LogP contribution in [0.1, 0.15) is 52.9 Å². The Hall–Kier alpha value is -0.710. The van der Waals surface area contributed by atoms with E-state index >= 15 is 0 Å². The maximum absolute atomic E-state index is 13.0. The van der Waals surface area contributed by atoms with Crippen molar-refractivity contribution >= 4 is 23.6 Å². The van der Waals surface area contributed by atoms with E-state index in [1.54, 1.807) is 11.8 Å². The van der Waals surface area contributed by atoms with Crippen LogP contribution in [0, 0.1) is 11.8 Å². The molecule has 22 heavy (non-hydrogen) atoms. The van der Waals surface area contributed by atoms with Crippen molar-refractivity contribution in [3.8, 4) is 0 Å². The number of hydrogen-bond donors (Lipinski definition) is 0. The predicted octanol–water partition coefficient (Wildman–Crippen LogP) is 2.73. The summed E-state index contributed by atoms with van der Waals surface area (Å²) in [6.07, 6.45) is 4.91. The van der Waals surface area contributed by atoms with Crippen LogP contribution in [0.4, 0.5) is 0 Å². The zero-order chi connectivity index (χ0) is 15.9. The molecule has 3 saturated heterocycles. The number of fused-ring (bicyclic) bond motifs is 1.